The van der Waals surface area contributed by atoms with E-state index in [9.17, 15) is 4.79 Å². The Morgan fingerprint density at radius 2 is 2.22 bits per heavy atom. The lowest BCUT2D eigenvalue weighted by Crippen LogP contribution is -2.13. The minimum Gasteiger partial charge on any atom is -0.324 e. The maximum absolute atomic E-state index is 11.6. The molecule has 90 valence electrons. The molecule has 0 radical (unpaired) electrons. The Bertz CT molecular complexity index is 680. The van der Waals surface area contributed by atoms with Gasteiger partial charge in [0.15, 0.2) is 0 Å². The minimum atomic E-state index is -0.330. The van der Waals surface area contributed by atoms with Gasteiger partial charge in [0.05, 0.1) is 0 Å². The third-order valence-corrected chi connectivity index (χ3v) is 2.80. The molecule has 2 rings (SSSR count). The summed E-state index contributed by atoms with van der Waals surface area (Å²) in [6.07, 6.45) is 2.43. The van der Waals surface area contributed by atoms with E-state index < -0.39 is 0 Å². The Morgan fingerprint density at radius 3 is 2.83 bits per heavy atom. The summed E-state index contributed by atoms with van der Waals surface area (Å²) >= 11 is 0. The van der Waals surface area contributed by atoms with Crippen molar-refractivity contribution in [2.75, 3.05) is 0 Å². The van der Waals surface area contributed by atoms with Crippen LogP contribution in [0.1, 0.15) is 23.9 Å². The zero-order chi connectivity index (χ0) is 13.1. The van der Waals surface area contributed by atoms with Gasteiger partial charge in [-0.05, 0) is 37.1 Å². The van der Waals surface area contributed by atoms with Gasteiger partial charge in [-0.25, -0.2) is 0 Å². The molecule has 18 heavy (non-hydrogen) atoms. The fourth-order valence-electron chi connectivity index (χ4n) is 1.90. The van der Waals surface area contributed by atoms with E-state index in [0.717, 1.165) is 22.5 Å². The molecule has 1 N–H and O–H groups in total. The zero-order valence-electron chi connectivity index (χ0n) is 10.3. The Hall–Kier alpha value is -2.41. The summed E-state index contributed by atoms with van der Waals surface area (Å²) in [5.74, 6) is 0. The lowest BCUT2D eigenvalue weighted by atomic mass is 10.0. The van der Waals surface area contributed by atoms with Gasteiger partial charge >= 0.3 is 0 Å². The normalized spacial score (nSPS) is 10.1. The molecule has 4 heteroatoms. The van der Waals surface area contributed by atoms with E-state index in [1.54, 1.807) is 12.3 Å². The van der Waals surface area contributed by atoms with Crippen LogP contribution in [0.3, 0.4) is 0 Å². The van der Waals surface area contributed by atoms with Gasteiger partial charge in [-0.3, -0.25) is 9.78 Å². The lowest BCUT2D eigenvalue weighted by molar-refractivity contribution is 1.01. The highest BCUT2D eigenvalue weighted by atomic mass is 16.1. The summed E-state index contributed by atoms with van der Waals surface area (Å²) in [5, 5.41) is 8.93. The van der Waals surface area contributed by atoms with Crippen LogP contribution in [-0.4, -0.2) is 9.97 Å². The molecule has 0 aromatic carbocycles. The average molecular weight is 239 g/mol. The van der Waals surface area contributed by atoms with Crippen molar-refractivity contribution in [1.82, 2.24) is 9.97 Å². The number of nitrogens with zero attached hydrogens (tertiary/aromatic N) is 2. The third-order valence-electron chi connectivity index (χ3n) is 2.80. The van der Waals surface area contributed by atoms with Gasteiger partial charge in [-0.2, -0.15) is 5.26 Å². The summed E-state index contributed by atoms with van der Waals surface area (Å²) in [7, 11) is 0. The third kappa shape index (κ3) is 2.16. The number of aryl methyl sites for hydroxylation is 2. The molecular weight excluding hydrogens is 226 g/mol. The number of pyridine rings is 2. The SMILES string of the molecule is CCc1[nH]c(=O)c(C#N)cc1-c1ccnc(C)c1. The maximum Gasteiger partial charge on any atom is 0.266 e. The fourth-order valence-corrected chi connectivity index (χ4v) is 1.90. The molecule has 0 saturated heterocycles. The molecule has 0 aliphatic carbocycles. The first kappa shape index (κ1) is 12.1. The molecule has 0 bridgehead atoms. The first-order chi connectivity index (χ1) is 8.65. The number of aromatic amines is 1. The molecule has 0 atom stereocenters. The molecule has 0 aliphatic heterocycles. The van der Waals surface area contributed by atoms with E-state index in [1.165, 1.54) is 0 Å². The van der Waals surface area contributed by atoms with Crippen LogP contribution in [0, 0.1) is 18.3 Å². The van der Waals surface area contributed by atoms with Gasteiger partial charge in [0.25, 0.3) is 5.56 Å². The first-order valence-electron chi connectivity index (χ1n) is 5.75. The number of hydrogen-bond donors (Lipinski definition) is 1. The molecule has 2 heterocycles. The summed E-state index contributed by atoms with van der Waals surface area (Å²) in [4.78, 5) is 18.5. The Balaban J connectivity index is 2.70. The summed E-state index contributed by atoms with van der Waals surface area (Å²) in [6.45, 7) is 3.88. The predicted octanol–water partition coefficient (Wildman–Crippen LogP) is 2.18. The van der Waals surface area contributed by atoms with E-state index in [2.05, 4.69) is 9.97 Å². The number of rotatable bonds is 2. The molecule has 0 unspecified atom stereocenters. The highest BCUT2D eigenvalue weighted by Crippen LogP contribution is 2.22. The van der Waals surface area contributed by atoms with E-state index in [4.69, 9.17) is 5.26 Å². The topological polar surface area (TPSA) is 69.5 Å². The van der Waals surface area contributed by atoms with Gasteiger partial charge in [0.2, 0.25) is 0 Å². The van der Waals surface area contributed by atoms with Crippen LogP contribution in [-0.2, 0) is 6.42 Å². The zero-order valence-corrected chi connectivity index (χ0v) is 10.3. The Morgan fingerprint density at radius 1 is 1.44 bits per heavy atom. The predicted molar refractivity (Wildman–Crippen MR) is 69.1 cm³/mol. The van der Waals surface area contributed by atoms with Crippen molar-refractivity contribution >= 4 is 0 Å². The molecule has 0 spiro atoms. The van der Waals surface area contributed by atoms with Crippen LogP contribution < -0.4 is 5.56 Å². The highest BCUT2D eigenvalue weighted by molar-refractivity contribution is 5.67. The van der Waals surface area contributed by atoms with E-state index in [1.807, 2.05) is 32.0 Å². The van der Waals surface area contributed by atoms with Crippen LogP contribution in [0.5, 0.6) is 0 Å². The molecular formula is C14H13N3O. The second kappa shape index (κ2) is 4.84. The van der Waals surface area contributed by atoms with Crippen LogP contribution in [0.2, 0.25) is 0 Å². The second-order valence-corrected chi connectivity index (χ2v) is 4.06. The Labute approximate surface area is 105 Å². The minimum absolute atomic E-state index is 0.136. The summed E-state index contributed by atoms with van der Waals surface area (Å²) in [6, 6.07) is 7.37. The highest BCUT2D eigenvalue weighted by Gasteiger charge is 2.09. The van der Waals surface area contributed by atoms with Crippen molar-refractivity contribution in [3.05, 3.63) is 51.7 Å². The van der Waals surface area contributed by atoms with E-state index in [0.29, 0.717) is 6.42 Å². The van der Waals surface area contributed by atoms with Crippen molar-refractivity contribution in [3.8, 4) is 17.2 Å². The standard InChI is InChI=1S/C14H13N3O/c1-3-13-12(7-11(8-15)14(18)17-13)10-4-5-16-9(2)6-10/h4-7H,3H2,1-2H3,(H,17,18). The molecule has 0 fully saturated rings. The largest absolute Gasteiger partial charge is 0.324 e. The quantitative estimate of drug-likeness (QED) is 0.873. The number of aromatic nitrogens is 2. The van der Waals surface area contributed by atoms with Crippen LogP contribution in [0.15, 0.2) is 29.2 Å². The van der Waals surface area contributed by atoms with Crippen molar-refractivity contribution in [2.24, 2.45) is 0 Å². The summed E-state index contributed by atoms with van der Waals surface area (Å²) < 4.78 is 0. The van der Waals surface area contributed by atoms with Gasteiger partial charge < -0.3 is 4.98 Å². The number of nitrogens with one attached hydrogen (secondary N) is 1. The maximum atomic E-state index is 11.6. The Kier molecular flexibility index (Phi) is 3.24. The number of nitriles is 1. The molecule has 0 saturated carbocycles. The lowest BCUT2D eigenvalue weighted by Gasteiger charge is -2.08. The van der Waals surface area contributed by atoms with Gasteiger partial charge in [0, 0.05) is 23.1 Å². The monoisotopic (exact) mass is 239 g/mol. The summed E-state index contributed by atoms with van der Waals surface area (Å²) in [5.41, 5.74) is 3.40. The fraction of sp³-hybridized carbons (Fsp3) is 0.214. The van der Waals surface area contributed by atoms with Crippen LogP contribution >= 0.6 is 0 Å². The molecule has 2 aromatic heterocycles. The van der Waals surface area contributed by atoms with Gasteiger partial charge in [-0.1, -0.05) is 6.92 Å². The van der Waals surface area contributed by atoms with Gasteiger partial charge in [0.1, 0.15) is 11.6 Å². The van der Waals surface area contributed by atoms with Crippen LogP contribution in [0.4, 0.5) is 0 Å². The van der Waals surface area contributed by atoms with Crippen molar-refractivity contribution < 1.29 is 0 Å². The number of hydrogen-bond acceptors (Lipinski definition) is 3. The molecule has 0 amide bonds. The van der Waals surface area contributed by atoms with Crippen molar-refractivity contribution in [1.29, 1.82) is 5.26 Å². The van der Waals surface area contributed by atoms with Crippen molar-refractivity contribution in [3.63, 3.8) is 0 Å². The molecule has 0 aliphatic rings. The smallest absolute Gasteiger partial charge is 0.266 e. The van der Waals surface area contributed by atoms with Gasteiger partial charge in [-0.15, -0.1) is 0 Å². The van der Waals surface area contributed by atoms with E-state index in [-0.39, 0.29) is 11.1 Å². The second-order valence-electron chi connectivity index (χ2n) is 4.06. The average Bonchev–Trinajstić information content (AvgIpc) is 2.38. The molecule has 4 nitrogen and oxygen atoms in total. The first-order valence-corrected chi connectivity index (χ1v) is 5.75. The van der Waals surface area contributed by atoms with Crippen molar-refractivity contribution in [2.45, 2.75) is 20.3 Å². The van der Waals surface area contributed by atoms with E-state index >= 15 is 0 Å². The van der Waals surface area contributed by atoms with Crippen LogP contribution in [0.25, 0.3) is 11.1 Å². The number of H-pyrrole nitrogens is 1. The molecule has 2 aromatic rings.